The molecule has 1 saturated heterocycles. The second kappa shape index (κ2) is 9.76. The van der Waals surface area contributed by atoms with Gasteiger partial charge < -0.3 is 4.90 Å². The van der Waals surface area contributed by atoms with Gasteiger partial charge in [0.2, 0.25) is 15.9 Å². The number of sulfone groups is 1. The van der Waals surface area contributed by atoms with Crippen LogP contribution < -0.4 is 0 Å². The van der Waals surface area contributed by atoms with Crippen LogP contribution in [0.25, 0.3) is 0 Å². The molecule has 2 heterocycles. The van der Waals surface area contributed by atoms with Crippen molar-refractivity contribution in [3.8, 4) is 0 Å². The molecule has 0 N–H and O–H groups in total. The molecule has 1 aliphatic carbocycles. The van der Waals surface area contributed by atoms with Crippen molar-refractivity contribution in [2.45, 2.75) is 72.7 Å². The van der Waals surface area contributed by atoms with E-state index in [1.807, 2.05) is 0 Å². The zero-order chi connectivity index (χ0) is 22.8. The molecule has 2 aliphatic rings. The zero-order valence-corrected chi connectivity index (χ0v) is 20.7. The summed E-state index contributed by atoms with van der Waals surface area (Å²) in [7, 11) is -3.41. The fraction of sp³-hybridized carbons (Fsp3) is 0.700. The first-order chi connectivity index (χ1) is 14.5. The Morgan fingerprint density at radius 1 is 1.13 bits per heavy atom. The highest BCUT2D eigenvalue weighted by Gasteiger charge is 2.34. The van der Waals surface area contributed by atoms with E-state index in [2.05, 4.69) is 4.98 Å². The molecule has 3 rings (SSSR count). The lowest BCUT2D eigenvalue weighted by Crippen LogP contribution is -2.41. The van der Waals surface area contributed by atoms with Gasteiger partial charge in [-0.05, 0) is 38.3 Å². The molecular formula is C20H31N3O5S3. The number of carbonyl (C=O) groups is 1. The predicted octanol–water partition coefficient (Wildman–Crippen LogP) is 2.16. The predicted molar refractivity (Wildman–Crippen MR) is 121 cm³/mol. The fourth-order valence-corrected chi connectivity index (χ4v) is 8.20. The maximum Gasteiger partial charge on any atom is 0.244 e. The van der Waals surface area contributed by atoms with Crippen LogP contribution in [0.3, 0.4) is 0 Å². The summed E-state index contributed by atoms with van der Waals surface area (Å²) >= 11 is 1.23. The molecule has 1 aliphatic heterocycles. The minimum absolute atomic E-state index is 0.00590. The molecule has 0 spiro atoms. The van der Waals surface area contributed by atoms with Crippen LogP contribution >= 0.6 is 11.8 Å². The number of aromatic nitrogens is 1. The van der Waals surface area contributed by atoms with Crippen LogP contribution in [-0.2, 0) is 24.7 Å². The molecule has 1 amide bonds. The van der Waals surface area contributed by atoms with E-state index in [4.69, 9.17) is 0 Å². The summed E-state index contributed by atoms with van der Waals surface area (Å²) in [5.41, 5.74) is 0. The third-order valence-corrected chi connectivity index (χ3v) is 10.9. The van der Waals surface area contributed by atoms with Crippen molar-refractivity contribution in [1.82, 2.24) is 14.2 Å². The Morgan fingerprint density at radius 3 is 2.35 bits per heavy atom. The summed E-state index contributed by atoms with van der Waals surface area (Å²) < 4.78 is 50.7. The van der Waals surface area contributed by atoms with Crippen molar-refractivity contribution in [3.05, 3.63) is 18.3 Å². The van der Waals surface area contributed by atoms with Crippen molar-refractivity contribution in [2.75, 3.05) is 25.6 Å². The first kappa shape index (κ1) is 24.5. The van der Waals surface area contributed by atoms with E-state index < -0.39 is 25.1 Å². The Balaban J connectivity index is 1.62. The molecule has 2 unspecified atom stereocenters. The van der Waals surface area contributed by atoms with E-state index >= 15 is 0 Å². The van der Waals surface area contributed by atoms with Gasteiger partial charge in [-0.15, -0.1) is 0 Å². The molecule has 0 bridgehead atoms. The number of hydrogen-bond acceptors (Lipinski definition) is 7. The highest BCUT2D eigenvalue weighted by molar-refractivity contribution is 8.00. The molecule has 11 heteroatoms. The average molecular weight is 490 g/mol. The maximum absolute atomic E-state index is 12.9. The van der Waals surface area contributed by atoms with E-state index in [-0.39, 0.29) is 34.4 Å². The molecule has 0 aromatic carbocycles. The van der Waals surface area contributed by atoms with Gasteiger partial charge in [0.15, 0.2) is 9.84 Å². The first-order valence-electron chi connectivity index (χ1n) is 10.6. The standard InChI is InChI=1S/C20H31N3O5S3/c1-15(20(24)22(2)17-11-12-30(25,26)14-17)29-19-10-9-18(13-21-19)31(27,28)23(3)16-7-5-4-6-8-16/h9-10,13,15-17H,4-8,11-12,14H2,1-3H3. The number of sulfonamides is 1. The Bertz CT molecular complexity index is 989. The third-order valence-electron chi connectivity index (χ3n) is 6.22. The lowest BCUT2D eigenvalue weighted by molar-refractivity contribution is -0.130. The Hall–Kier alpha value is -1.17. The van der Waals surface area contributed by atoms with Crippen LogP contribution in [0, 0.1) is 0 Å². The average Bonchev–Trinajstić information content (AvgIpc) is 3.12. The highest BCUT2D eigenvalue weighted by atomic mass is 32.2. The maximum atomic E-state index is 12.9. The van der Waals surface area contributed by atoms with Crippen LogP contribution in [-0.4, -0.2) is 79.9 Å². The molecule has 2 fully saturated rings. The Kier molecular flexibility index (Phi) is 7.71. The van der Waals surface area contributed by atoms with Crippen molar-refractivity contribution in [3.63, 3.8) is 0 Å². The quantitative estimate of drug-likeness (QED) is 0.541. The minimum atomic E-state index is -3.61. The summed E-state index contributed by atoms with van der Waals surface area (Å²) in [4.78, 5) is 18.6. The summed E-state index contributed by atoms with van der Waals surface area (Å²) in [6, 6.07) is 2.89. The molecule has 2 atom stereocenters. The lowest BCUT2D eigenvalue weighted by atomic mass is 9.96. The third kappa shape index (κ3) is 5.80. The van der Waals surface area contributed by atoms with Crippen LogP contribution in [0.2, 0.25) is 0 Å². The van der Waals surface area contributed by atoms with E-state index in [1.165, 1.54) is 33.2 Å². The number of carbonyl (C=O) groups excluding carboxylic acids is 1. The van der Waals surface area contributed by atoms with Gasteiger partial charge in [0.25, 0.3) is 0 Å². The number of thioether (sulfide) groups is 1. The van der Waals surface area contributed by atoms with Gasteiger partial charge in [-0.25, -0.2) is 21.8 Å². The molecule has 174 valence electrons. The van der Waals surface area contributed by atoms with Crippen LogP contribution in [0.15, 0.2) is 28.3 Å². The van der Waals surface area contributed by atoms with Gasteiger partial charge in [-0.2, -0.15) is 4.31 Å². The van der Waals surface area contributed by atoms with Crippen molar-refractivity contribution < 1.29 is 21.6 Å². The van der Waals surface area contributed by atoms with E-state index in [9.17, 15) is 21.6 Å². The van der Waals surface area contributed by atoms with E-state index in [0.29, 0.717) is 11.4 Å². The monoisotopic (exact) mass is 489 g/mol. The zero-order valence-electron chi connectivity index (χ0n) is 18.2. The molecule has 0 radical (unpaired) electrons. The number of pyridine rings is 1. The second-order valence-corrected chi connectivity index (χ2v) is 14.0. The summed E-state index contributed by atoms with van der Waals surface area (Å²) in [5, 5.41) is 0.0840. The Labute approximate surface area is 189 Å². The smallest absolute Gasteiger partial charge is 0.244 e. The van der Waals surface area contributed by atoms with Crippen LogP contribution in [0.4, 0.5) is 0 Å². The molecule has 8 nitrogen and oxygen atoms in total. The van der Waals surface area contributed by atoms with Crippen molar-refractivity contribution in [2.24, 2.45) is 0 Å². The largest absolute Gasteiger partial charge is 0.341 e. The van der Waals surface area contributed by atoms with Gasteiger partial charge in [-0.1, -0.05) is 31.0 Å². The lowest BCUT2D eigenvalue weighted by Gasteiger charge is -2.30. The number of nitrogens with zero attached hydrogens (tertiary/aromatic N) is 3. The second-order valence-electron chi connectivity index (χ2n) is 8.41. The summed E-state index contributed by atoms with van der Waals surface area (Å²) in [5.74, 6) is -0.0436. The van der Waals surface area contributed by atoms with Gasteiger partial charge >= 0.3 is 0 Å². The summed E-state index contributed by atoms with van der Waals surface area (Å²) in [6.45, 7) is 1.75. The van der Waals surface area contributed by atoms with E-state index in [1.54, 1.807) is 27.1 Å². The van der Waals surface area contributed by atoms with Gasteiger partial charge in [0.1, 0.15) is 4.90 Å². The number of amides is 1. The SMILES string of the molecule is CC(Sc1ccc(S(=O)(=O)N(C)C2CCCCC2)cn1)C(=O)N(C)C1CCS(=O)(=O)C1. The van der Waals surface area contributed by atoms with Crippen molar-refractivity contribution in [1.29, 1.82) is 0 Å². The van der Waals surface area contributed by atoms with Gasteiger partial charge in [-0.3, -0.25) is 4.79 Å². The highest BCUT2D eigenvalue weighted by Crippen LogP contribution is 2.28. The fourth-order valence-electron chi connectivity index (χ4n) is 4.18. The first-order valence-corrected chi connectivity index (χ1v) is 14.7. The van der Waals surface area contributed by atoms with Crippen molar-refractivity contribution >= 4 is 37.5 Å². The topological polar surface area (TPSA) is 105 Å². The molecule has 1 aromatic heterocycles. The van der Waals surface area contributed by atoms with Crippen LogP contribution in [0.5, 0.6) is 0 Å². The van der Waals surface area contributed by atoms with Gasteiger partial charge in [0, 0.05) is 32.4 Å². The van der Waals surface area contributed by atoms with E-state index in [0.717, 1.165) is 32.1 Å². The molecule has 31 heavy (non-hydrogen) atoms. The summed E-state index contributed by atoms with van der Waals surface area (Å²) in [6.07, 6.45) is 6.82. The molecule has 1 aromatic rings. The Morgan fingerprint density at radius 2 is 1.81 bits per heavy atom. The molecule has 1 saturated carbocycles. The normalized spacial score (nSPS) is 23.0. The van der Waals surface area contributed by atoms with Crippen LogP contribution in [0.1, 0.15) is 45.4 Å². The van der Waals surface area contributed by atoms with Gasteiger partial charge in [0.05, 0.1) is 21.8 Å². The number of rotatable bonds is 7. The molecular weight excluding hydrogens is 458 g/mol. The minimum Gasteiger partial charge on any atom is -0.341 e. The number of hydrogen-bond donors (Lipinski definition) is 0.